The third-order valence-corrected chi connectivity index (χ3v) is 5.97. The van der Waals surface area contributed by atoms with Crippen LogP contribution < -0.4 is 10.5 Å². The molecule has 0 spiro atoms. The number of carbonyl (C=O) groups is 1. The summed E-state index contributed by atoms with van der Waals surface area (Å²) >= 11 is 0. The van der Waals surface area contributed by atoms with Gasteiger partial charge in [0.25, 0.3) is 0 Å². The lowest BCUT2D eigenvalue weighted by Crippen LogP contribution is -2.44. The van der Waals surface area contributed by atoms with Crippen LogP contribution in [0.1, 0.15) is 18.9 Å². The van der Waals surface area contributed by atoms with Crippen LogP contribution in [0.4, 0.5) is 0 Å². The SMILES string of the molecule is COc1ccc(CN(C(=O)C(C)CN)C2CCS(=O)(=O)C2)cc1. The molecular weight excluding hydrogens is 316 g/mol. The van der Waals surface area contributed by atoms with Crippen LogP contribution in [0.5, 0.6) is 5.75 Å². The van der Waals surface area contributed by atoms with Crippen molar-refractivity contribution in [3.05, 3.63) is 29.8 Å². The Morgan fingerprint density at radius 1 is 1.39 bits per heavy atom. The van der Waals surface area contributed by atoms with Crippen molar-refractivity contribution in [1.29, 1.82) is 0 Å². The molecule has 0 aromatic heterocycles. The third kappa shape index (κ3) is 4.45. The molecule has 1 aromatic carbocycles. The van der Waals surface area contributed by atoms with Crippen molar-refractivity contribution >= 4 is 15.7 Å². The molecule has 1 aliphatic heterocycles. The number of methoxy groups -OCH3 is 1. The first-order valence-corrected chi connectivity index (χ1v) is 9.52. The van der Waals surface area contributed by atoms with Crippen molar-refractivity contribution in [2.24, 2.45) is 11.7 Å². The predicted molar refractivity (Wildman–Crippen MR) is 88.8 cm³/mol. The number of benzene rings is 1. The lowest BCUT2D eigenvalue weighted by Gasteiger charge is -2.30. The van der Waals surface area contributed by atoms with Gasteiger partial charge in [-0.05, 0) is 24.1 Å². The monoisotopic (exact) mass is 340 g/mol. The average molecular weight is 340 g/mol. The van der Waals surface area contributed by atoms with Crippen LogP contribution in [0.25, 0.3) is 0 Å². The van der Waals surface area contributed by atoms with Crippen molar-refractivity contribution in [3.63, 3.8) is 0 Å². The molecule has 2 rings (SSSR count). The van der Waals surface area contributed by atoms with Crippen LogP contribution in [0, 0.1) is 5.92 Å². The second-order valence-electron chi connectivity index (χ2n) is 6.01. The van der Waals surface area contributed by atoms with Gasteiger partial charge in [0.1, 0.15) is 5.75 Å². The van der Waals surface area contributed by atoms with Gasteiger partial charge in [-0.2, -0.15) is 0 Å². The molecular formula is C16H24N2O4S. The van der Waals surface area contributed by atoms with Gasteiger partial charge in [0.15, 0.2) is 9.84 Å². The molecule has 23 heavy (non-hydrogen) atoms. The number of amides is 1. The summed E-state index contributed by atoms with van der Waals surface area (Å²) in [4.78, 5) is 14.3. The number of sulfone groups is 1. The number of ether oxygens (including phenoxy) is 1. The van der Waals surface area contributed by atoms with E-state index in [1.54, 1.807) is 18.9 Å². The maximum atomic E-state index is 12.6. The summed E-state index contributed by atoms with van der Waals surface area (Å²) < 4.78 is 28.7. The van der Waals surface area contributed by atoms with Gasteiger partial charge in [-0.15, -0.1) is 0 Å². The van der Waals surface area contributed by atoms with E-state index in [0.29, 0.717) is 13.0 Å². The molecule has 1 amide bonds. The van der Waals surface area contributed by atoms with Crippen LogP contribution in [-0.4, -0.2) is 50.4 Å². The van der Waals surface area contributed by atoms with Crippen LogP contribution >= 0.6 is 0 Å². The smallest absolute Gasteiger partial charge is 0.227 e. The van der Waals surface area contributed by atoms with Crippen molar-refractivity contribution in [2.75, 3.05) is 25.2 Å². The van der Waals surface area contributed by atoms with Gasteiger partial charge < -0.3 is 15.4 Å². The molecule has 128 valence electrons. The molecule has 0 saturated carbocycles. The van der Waals surface area contributed by atoms with E-state index < -0.39 is 9.84 Å². The molecule has 2 N–H and O–H groups in total. The van der Waals surface area contributed by atoms with Crippen LogP contribution in [0.3, 0.4) is 0 Å². The van der Waals surface area contributed by atoms with E-state index in [1.165, 1.54) is 0 Å². The highest BCUT2D eigenvalue weighted by atomic mass is 32.2. The van der Waals surface area contributed by atoms with E-state index in [9.17, 15) is 13.2 Å². The minimum absolute atomic E-state index is 0.0339. The molecule has 1 heterocycles. The average Bonchev–Trinajstić information content (AvgIpc) is 2.91. The third-order valence-electron chi connectivity index (χ3n) is 4.22. The Bertz CT molecular complexity index is 643. The zero-order chi connectivity index (χ0) is 17.0. The second kappa shape index (κ2) is 7.31. The second-order valence-corrected chi connectivity index (χ2v) is 8.24. The van der Waals surface area contributed by atoms with Crippen LogP contribution in [0.15, 0.2) is 24.3 Å². The number of carbonyl (C=O) groups excluding carboxylic acids is 1. The van der Waals surface area contributed by atoms with E-state index >= 15 is 0 Å². The summed E-state index contributed by atoms with van der Waals surface area (Å²) in [5.74, 6) is 0.500. The summed E-state index contributed by atoms with van der Waals surface area (Å²) in [6.45, 7) is 2.40. The molecule has 1 fully saturated rings. The van der Waals surface area contributed by atoms with Gasteiger partial charge in [-0.25, -0.2) is 8.42 Å². The first kappa shape index (κ1) is 17.7. The summed E-state index contributed by atoms with van der Waals surface area (Å²) in [6, 6.07) is 7.15. The Balaban J connectivity index is 2.20. The van der Waals surface area contributed by atoms with Crippen molar-refractivity contribution in [1.82, 2.24) is 4.90 Å². The molecule has 1 aromatic rings. The molecule has 2 atom stereocenters. The summed E-state index contributed by atoms with van der Waals surface area (Å²) in [7, 11) is -1.46. The fraction of sp³-hybridized carbons (Fsp3) is 0.562. The zero-order valence-corrected chi connectivity index (χ0v) is 14.4. The molecule has 1 saturated heterocycles. The molecule has 0 bridgehead atoms. The van der Waals surface area contributed by atoms with E-state index in [4.69, 9.17) is 10.5 Å². The molecule has 1 aliphatic rings. The predicted octanol–water partition coefficient (Wildman–Crippen LogP) is 0.806. The van der Waals surface area contributed by atoms with E-state index in [1.807, 2.05) is 24.3 Å². The highest BCUT2D eigenvalue weighted by Gasteiger charge is 2.35. The normalized spacial score (nSPS) is 20.9. The Hall–Kier alpha value is -1.60. The largest absolute Gasteiger partial charge is 0.497 e. The van der Waals surface area contributed by atoms with Crippen molar-refractivity contribution in [2.45, 2.75) is 25.9 Å². The summed E-state index contributed by atoms with van der Waals surface area (Å²) in [5.41, 5.74) is 6.55. The van der Waals surface area contributed by atoms with Crippen LogP contribution in [0.2, 0.25) is 0 Å². The topological polar surface area (TPSA) is 89.7 Å². The fourth-order valence-corrected chi connectivity index (χ4v) is 4.45. The van der Waals surface area contributed by atoms with Gasteiger partial charge in [0.2, 0.25) is 5.91 Å². The van der Waals surface area contributed by atoms with E-state index in [-0.39, 0.29) is 35.9 Å². The Kier molecular flexibility index (Phi) is 5.64. The fourth-order valence-electron chi connectivity index (χ4n) is 2.72. The Morgan fingerprint density at radius 3 is 2.52 bits per heavy atom. The molecule has 2 unspecified atom stereocenters. The van der Waals surface area contributed by atoms with Gasteiger partial charge in [-0.1, -0.05) is 19.1 Å². The lowest BCUT2D eigenvalue weighted by molar-refractivity contribution is -0.137. The van der Waals surface area contributed by atoms with Crippen molar-refractivity contribution < 1.29 is 17.9 Å². The maximum Gasteiger partial charge on any atom is 0.227 e. The number of nitrogens with zero attached hydrogens (tertiary/aromatic N) is 1. The highest BCUT2D eigenvalue weighted by molar-refractivity contribution is 7.91. The zero-order valence-electron chi connectivity index (χ0n) is 13.6. The van der Waals surface area contributed by atoms with Crippen molar-refractivity contribution in [3.8, 4) is 5.75 Å². The number of hydrogen-bond acceptors (Lipinski definition) is 5. The number of rotatable bonds is 6. The highest BCUT2D eigenvalue weighted by Crippen LogP contribution is 2.23. The first-order valence-electron chi connectivity index (χ1n) is 7.70. The van der Waals surface area contributed by atoms with Gasteiger partial charge >= 0.3 is 0 Å². The maximum absolute atomic E-state index is 12.6. The van der Waals surface area contributed by atoms with Gasteiger partial charge in [0, 0.05) is 25.0 Å². The number of nitrogens with two attached hydrogens (primary N) is 1. The van der Waals surface area contributed by atoms with Crippen LogP contribution in [-0.2, 0) is 21.2 Å². The molecule has 7 heteroatoms. The Morgan fingerprint density at radius 2 is 2.04 bits per heavy atom. The number of hydrogen-bond donors (Lipinski definition) is 1. The Labute approximate surface area is 137 Å². The summed E-state index contributed by atoms with van der Waals surface area (Å²) in [5, 5.41) is 0. The standard InChI is InChI=1S/C16H24N2O4S/c1-12(9-17)16(19)18(14-7-8-23(20,21)11-14)10-13-3-5-15(22-2)6-4-13/h3-6,12,14H,7-11,17H2,1-2H3. The molecule has 6 nitrogen and oxygen atoms in total. The minimum Gasteiger partial charge on any atom is -0.497 e. The van der Waals surface area contributed by atoms with Gasteiger partial charge in [0.05, 0.1) is 18.6 Å². The summed E-state index contributed by atoms with van der Waals surface area (Å²) in [6.07, 6.45) is 0.488. The molecule has 0 aliphatic carbocycles. The van der Waals surface area contributed by atoms with E-state index in [0.717, 1.165) is 11.3 Å². The van der Waals surface area contributed by atoms with E-state index in [2.05, 4.69) is 0 Å². The minimum atomic E-state index is -3.05. The first-order chi connectivity index (χ1) is 10.9. The van der Waals surface area contributed by atoms with Gasteiger partial charge in [-0.3, -0.25) is 4.79 Å². The lowest BCUT2D eigenvalue weighted by atomic mass is 10.1. The molecule has 0 radical (unpaired) electrons. The quantitative estimate of drug-likeness (QED) is 0.827.